The highest BCUT2D eigenvalue weighted by molar-refractivity contribution is 5.58. The van der Waals surface area contributed by atoms with E-state index in [1.54, 1.807) is 0 Å². The van der Waals surface area contributed by atoms with Crippen molar-refractivity contribution in [3.63, 3.8) is 0 Å². The molecule has 2 aromatic rings. The summed E-state index contributed by atoms with van der Waals surface area (Å²) in [7, 11) is 0. The molecule has 2 rings (SSSR count). The van der Waals surface area contributed by atoms with Crippen molar-refractivity contribution < 1.29 is 4.39 Å². The third-order valence-electron chi connectivity index (χ3n) is 2.94. The van der Waals surface area contributed by atoms with Gasteiger partial charge >= 0.3 is 0 Å². The van der Waals surface area contributed by atoms with Crippen LogP contribution in [-0.2, 0) is 6.42 Å². The van der Waals surface area contributed by atoms with E-state index in [0.29, 0.717) is 5.82 Å². The molecular weight excluding hydrogens is 253 g/mol. The molecule has 0 aliphatic heterocycles. The molecule has 1 N–H and O–H groups in total. The van der Waals surface area contributed by atoms with Crippen LogP contribution in [0.15, 0.2) is 24.3 Å². The van der Waals surface area contributed by atoms with Crippen LogP contribution in [0.3, 0.4) is 0 Å². The number of hydrogen-bond donors (Lipinski definition) is 1. The first-order valence-electron chi connectivity index (χ1n) is 7.01. The lowest BCUT2D eigenvalue weighted by Crippen LogP contribution is -2.04. The third kappa shape index (κ3) is 3.53. The first kappa shape index (κ1) is 14.4. The number of aryl methyl sites for hydroxylation is 2. The molecule has 4 heteroatoms. The van der Waals surface area contributed by atoms with Crippen molar-refractivity contribution >= 4 is 5.82 Å². The number of benzene rings is 1. The Hall–Kier alpha value is -1.97. The van der Waals surface area contributed by atoms with E-state index in [4.69, 9.17) is 0 Å². The van der Waals surface area contributed by atoms with Gasteiger partial charge in [0.05, 0.1) is 0 Å². The fraction of sp³-hybridized carbons (Fsp3) is 0.375. The minimum atomic E-state index is -0.255. The third-order valence-corrected chi connectivity index (χ3v) is 2.94. The lowest BCUT2D eigenvalue weighted by Gasteiger charge is -2.09. The number of nitrogens with zero attached hydrogens (tertiary/aromatic N) is 2. The lowest BCUT2D eigenvalue weighted by atomic mass is 10.1. The highest BCUT2D eigenvalue weighted by Gasteiger charge is 2.08. The molecule has 0 fully saturated rings. The van der Waals surface area contributed by atoms with Crippen LogP contribution in [0, 0.1) is 12.7 Å². The molecule has 0 saturated heterocycles. The van der Waals surface area contributed by atoms with Gasteiger partial charge in [-0.3, -0.25) is 0 Å². The summed E-state index contributed by atoms with van der Waals surface area (Å²) in [5.41, 5.74) is 2.57. The van der Waals surface area contributed by atoms with Gasteiger partial charge in [0.1, 0.15) is 11.6 Å². The number of halogens is 1. The number of anilines is 1. The van der Waals surface area contributed by atoms with Gasteiger partial charge in [0.2, 0.25) is 0 Å². The van der Waals surface area contributed by atoms with Crippen molar-refractivity contribution in [2.24, 2.45) is 0 Å². The molecular formula is C16H20FN3. The second-order valence-corrected chi connectivity index (χ2v) is 4.87. The van der Waals surface area contributed by atoms with Crippen LogP contribution in [0.25, 0.3) is 11.4 Å². The molecule has 0 aliphatic rings. The normalized spacial score (nSPS) is 10.6. The van der Waals surface area contributed by atoms with Crippen molar-refractivity contribution in [1.82, 2.24) is 9.97 Å². The minimum Gasteiger partial charge on any atom is -0.370 e. The van der Waals surface area contributed by atoms with Gasteiger partial charge < -0.3 is 5.32 Å². The van der Waals surface area contributed by atoms with Gasteiger partial charge in [-0.15, -0.1) is 0 Å². The summed E-state index contributed by atoms with van der Waals surface area (Å²) in [6.45, 7) is 6.80. The van der Waals surface area contributed by atoms with E-state index in [1.807, 2.05) is 26.0 Å². The van der Waals surface area contributed by atoms with E-state index < -0.39 is 0 Å². The Balaban J connectivity index is 2.48. The van der Waals surface area contributed by atoms with E-state index in [0.717, 1.165) is 42.0 Å². The highest BCUT2D eigenvalue weighted by atomic mass is 19.1. The summed E-state index contributed by atoms with van der Waals surface area (Å²) in [5, 5.41) is 3.20. The van der Waals surface area contributed by atoms with E-state index in [-0.39, 0.29) is 5.82 Å². The summed E-state index contributed by atoms with van der Waals surface area (Å²) >= 11 is 0. The molecule has 0 atom stereocenters. The monoisotopic (exact) mass is 273 g/mol. The second-order valence-electron chi connectivity index (χ2n) is 4.87. The summed E-state index contributed by atoms with van der Waals surface area (Å²) in [6, 6.07) is 6.85. The molecule has 0 unspecified atom stereocenters. The minimum absolute atomic E-state index is 0.255. The van der Waals surface area contributed by atoms with Gasteiger partial charge in [-0.2, -0.15) is 0 Å². The fourth-order valence-electron chi connectivity index (χ4n) is 2.15. The highest BCUT2D eigenvalue weighted by Crippen LogP contribution is 2.21. The zero-order valence-electron chi connectivity index (χ0n) is 12.2. The van der Waals surface area contributed by atoms with Crippen LogP contribution in [0.1, 0.15) is 31.5 Å². The number of aromatic nitrogens is 2. The van der Waals surface area contributed by atoms with Gasteiger partial charge in [0.25, 0.3) is 0 Å². The smallest absolute Gasteiger partial charge is 0.161 e. The van der Waals surface area contributed by atoms with Crippen LogP contribution < -0.4 is 5.32 Å². The predicted octanol–water partition coefficient (Wildman–Crippen LogP) is 3.98. The molecule has 1 heterocycles. The largest absolute Gasteiger partial charge is 0.370 e. The van der Waals surface area contributed by atoms with Crippen LogP contribution in [-0.4, -0.2) is 16.5 Å². The molecule has 106 valence electrons. The molecule has 20 heavy (non-hydrogen) atoms. The first-order valence-corrected chi connectivity index (χ1v) is 7.01. The summed E-state index contributed by atoms with van der Waals surface area (Å²) in [4.78, 5) is 9.01. The van der Waals surface area contributed by atoms with Gasteiger partial charge in [0.15, 0.2) is 5.82 Å². The SMILES string of the molecule is CCCc1cc(NCC)nc(-c2cc(C)cc(F)c2)n1. The summed E-state index contributed by atoms with van der Waals surface area (Å²) < 4.78 is 13.5. The maximum atomic E-state index is 13.5. The van der Waals surface area contributed by atoms with Crippen LogP contribution in [0.2, 0.25) is 0 Å². The number of hydrogen-bond acceptors (Lipinski definition) is 3. The molecule has 0 radical (unpaired) electrons. The Bertz CT molecular complexity index is 552. The topological polar surface area (TPSA) is 37.8 Å². The predicted molar refractivity (Wildman–Crippen MR) is 80.3 cm³/mol. The van der Waals surface area contributed by atoms with Crippen LogP contribution >= 0.6 is 0 Å². The van der Waals surface area contributed by atoms with Gasteiger partial charge in [0, 0.05) is 23.9 Å². The zero-order valence-corrected chi connectivity index (χ0v) is 12.2. The van der Waals surface area contributed by atoms with Crippen molar-refractivity contribution in [1.29, 1.82) is 0 Å². The van der Waals surface area contributed by atoms with E-state index >= 15 is 0 Å². The summed E-state index contributed by atoms with van der Waals surface area (Å²) in [6.07, 6.45) is 1.91. The number of nitrogens with one attached hydrogen (secondary N) is 1. The van der Waals surface area contributed by atoms with Gasteiger partial charge in [-0.25, -0.2) is 14.4 Å². The first-order chi connectivity index (χ1) is 9.62. The average molecular weight is 273 g/mol. The fourth-order valence-corrected chi connectivity index (χ4v) is 2.15. The molecule has 0 amide bonds. The summed E-state index contributed by atoms with van der Waals surface area (Å²) in [5.74, 6) is 1.12. The molecule has 0 spiro atoms. The molecule has 1 aromatic heterocycles. The Labute approximate surface area is 119 Å². The Morgan fingerprint density at radius 2 is 1.90 bits per heavy atom. The van der Waals surface area contributed by atoms with Crippen LogP contribution in [0.4, 0.5) is 10.2 Å². The van der Waals surface area contributed by atoms with Gasteiger partial charge in [-0.05, 0) is 44.0 Å². The molecule has 0 saturated carbocycles. The average Bonchev–Trinajstić information content (AvgIpc) is 2.38. The molecule has 1 aromatic carbocycles. The maximum absolute atomic E-state index is 13.5. The number of rotatable bonds is 5. The van der Waals surface area contributed by atoms with E-state index in [2.05, 4.69) is 22.2 Å². The standard InChI is InChI=1S/C16H20FN3/c1-4-6-14-10-15(18-5-2)20-16(19-14)12-7-11(3)8-13(17)9-12/h7-10H,4-6H2,1-3H3,(H,18,19,20). The van der Waals surface area contributed by atoms with E-state index in [1.165, 1.54) is 12.1 Å². The zero-order chi connectivity index (χ0) is 14.5. The Morgan fingerprint density at radius 1 is 1.10 bits per heavy atom. The van der Waals surface area contributed by atoms with Crippen molar-refractivity contribution in [2.75, 3.05) is 11.9 Å². The van der Waals surface area contributed by atoms with Crippen molar-refractivity contribution in [3.8, 4) is 11.4 Å². The van der Waals surface area contributed by atoms with Crippen molar-refractivity contribution in [3.05, 3.63) is 41.3 Å². The van der Waals surface area contributed by atoms with Crippen LogP contribution in [0.5, 0.6) is 0 Å². The lowest BCUT2D eigenvalue weighted by molar-refractivity contribution is 0.627. The Kier molecular flexibility index (Phi) is 4.66. The molecule has 0 bridgehead atoms. The quantitative estimate of drug-likeness (QED) is 0.895. The Morgan fingerprint density at radius 3 is 2.55 bits per heavy atom. The van der Waals surface area contributed by atoms with Gasteiger partial charge in [-0.1, -0.05) is 13.3 Å². The van der Waals surface area contributed by atoms with E-state index in [9.17, 15) is 4.39 Å². The second kappa shape index (κ2) is 6.46. The van der Waals surface area contributed by atoms with Crippen molar-refractivity contribution in [2.45, 2.75) is 33.6 Å². The molecule has 3 nitrogen and oxygen atoms in total. The molecule has 0 aliphatic carbocycles. The maximum Gasteiger partial charge on any atom is 0.161 e.